The maximum absolute atomic E-state index is 12.5. The van der Waals surface area contributed by atoms with E-state index < -0.39 is 5.41 Å². The molecule has 0 aromatic heterocycles. The predicted octanol–water partition coefficient (Wildman–Crippen LogP) is 2.01. The van der Waals surface area contributed by atoms with Crippen LogP contribution in [-0.2, 0) is 19.8 Å². The van der Waals surface area contributed by atoms with E-state index in [9.17, 15) is 14.4 Å². The van der Waals surface area contributed by atoms with Crippen molar-refractivity contribution in [1.82, 2.24) is 16.0 Å². The summed E-state index contributed by atoms with van der Waals surface area (Å²) in [5.41, 5.74) is 1.34. The van der Waals surface area contributed by atoms with Crippen LogP contribution in [0, 0.1) is 0 Å². The number of fused-ring (bicyclic) bond motifs is 1. The lowest BCUT2D eigenvalue weighted by Crippen LogP contribution is -2.42. The molecule has 170 valence electrons. The van der Waals surface area contributed by atoms with Gasteiger partial charge in [0.15, 0.2) is 0 Å². The lowest BCUT2D eigenvalue weighted by molar-refractivity contribution is -0.123. The third-order valence-electron chi connectivity index (χ3n) is 6.45. The van der Waals surface area contributed by atoms with Crippen molar-refractivity contribution < 1.29 is 19.1 Å². The average Bonchev–Trinajstić information content (AvgIpc) is 3.10. The summed E-state index contributed by atoms with van der Waals surface area (Å²) in [7, 11) is 0. The fourth-order valence-corrected chi connectivity index (χ4v) is 4.66. The molecule has 3 aliphatic rings. The molecule has 32 heavy (non-hydrogen) atoms. The Morgan fingerprint density at radius 3 is 2.50 bits per heavy atom. The van der Waals surface area contributed by atoms with Crippen LogP contribution in [0.15, 0.2) is 36.4 Å². The molecule has 2 atom stereocenters. The van der Waals surface area contributed by atoms with Crippen LogP contribution in [0.4, 0.5) is 0 Å². The van der Waals surface area contributed by atoms with Crippen LogP contribution in [0.2, 0.25) is 0 Å². The minimum Gasteiger partial charge on any atom is -0.488 e. The van der Waals surface area contributed by atoms with Crippen molar-refractivity contribution in [3.8, 4) is 5.75 Å². The molecule has 3 N–H and O–H groups in total. The number of ketones is 1. The number of benzene rings is 1. The summed E-state index contributed by atoms with van der Waals surface area (Å²) in [6, 6.07) is 5.81. The fraction of sp³-hybridized carbons (Fsp3) is 0.480. The number of hydrogen-bond acceptors (Lipinski definition) is 5. The van der Waals surface area contributed by atoms with Crippen LogP contribution in [-0.4, -0.2) is 49.9 Å². The first-order valence-electron chi connectivity index (χ1n) is 11.5. The fourth-order valence-electron chi connectivity index (χ4n) is 4.66. The summed E-state index contributed by atoms with van der Waals surface area (Å²) in [5, 5.41) is 9.23. The zero-order chi connectivity index (χ0) is 22.4. The molecule has 4 rings (SSSR count). The summed E-state index contributed by atoms with van der Waals surface area (Å²) < 4.78 is 6.16. The topological polar surface area (TPSA) is 96.5 Å². The number of nitrogens with one attached hydrogen (secondary N) is 3. The van der Waals surface area contributed by atoms with Crippen molar-refractivity contribution in [2.45, 2.75) is 50.0 Å². The molecule has 7 heteroatoms. The molecule has 1 aliphatic carbocycles. The summed E-state index contributed by atoms with van der Waals surface area (Å²) in [6.45, 7) is 2.97. The Kier molecular flexibility index (Phi) is 7.05. The summed E-state index contributed by atoms with van der Waals surface area (Å²) in [4.78, 5) is 36.8. The number of ether oxygens (including phenoxy) is 1. The normalized spacial score (nSPS) is 28.1. The highest BCUT2D eigenvalue weighted by Crippen LogP contribution is 2.51. The van der Waals surface area contributed by atoms with Crippen molar-refractivity contribution in [1.29, 1.82) is 0 Å². The van der Waals surface area contributed by atoms with E-state index in [4.69, 9.17) is 4.74 Å². The molecular formula is C25H31N3O4. The minimum absolute atomic E-state index is 0.122. The molecule has 7 nitrogen and oxygen atoms in total. The third-order valence-corrected chi connectivity index (χ3v) is 6.45. The van der Waals surface area contributed by atoms with E-state index in [1.54, 1.807) is 18.2 Å². The number of carbonyl (C=O) groups excluding carboxylic acids is 3. The van der Waals surface area contributed by atoms with Crippen molar-refractivity contribution in [3.05, 3.63) is 47.6 Å². The number of Topliss-reactive ketones (excluding diaryl/α,β-unsaturated/α-hetero) is 1. The molecule has 1 unspecified atom stereocenters. The highest BCUT2D eigenvalue weighted by molar-refractivity contribution is 5.92. The van der Waals surface area contributed by atoms with Gasteiger partial charge in [0, 0.05) is 37.6 Å². The molecule has 2 amide bonds. The molecule has 1 saturated carbocycles. The quantitative estimate of drug-likeness (QED) is 0.577. The van der Waals surface area contributed by atoms with Crippen molar-refractivity contribution in [2.24, 2.45) is 0 Å². The van der Waals surface area contributed by atoms with E-state index in [0.29, 0.717) is 32.4 Å². The highest BCUT2D eigenvalue weighted by atomic mass is 16.5. The number of amides is 2. The van der Waals surface area contributed by atoms with E-state index in [2.05, 4.69) is 16.0 Å². The van der Waals surface area contributed by atoms with E-state index in [0.717, 1.165) is 49.2 Å². The maximum atomic E-state index is 12.5. The van der Waals surface area contributed by atoms with Gasteiger partial charge in [0.25, 0.3) is 0 Å². The Balaban J connectivity index is 1.62. The van der Waals surface area contributed by atoms with Gasteiger partial charge in [-0.3, -0.25) is 14.4 Å². The molecule has 2 aliphatic heterocycles. The first-order chi connectivity index (χ1) is 15.6. The SMILES string of the molecule is O=C1CC[C@@]23C=CC(=O)NCCCCNCCCNC(=O)/C=C/c4ccc(c2c4)OC3C1. The van der Waals surface area contributed by atoms with Crippen LogP contribution < -0.4 is 20.7 Å². The minimum atomic E-state index is -0.516. The van der Waals surface area contributed by atoms with Gasteiger partial charge in [-0.15, -0.1) is 0 Å². The third kappa shape index (κ3) is 5.10. The number of hydrogen-bond donors (Lipinski definition) is 3. The molecule has 1 fully saturated rings. The van der Waals surface area contributed by atoms with Crippen LogP contribution in [0.5, 0.6) is 5.75 Å². The monoisotopic (exact) mass is 437 g/mol. The Morgan fingerprint density at radius 2 is 1.62 bits per heavy atom. The largest absolute Gasteiger partial charge is 0.488 e. The van der Waals surface area contributed by atoms with E-state index >= 15 is 0 Å². The summed E-state index contributed by atoms with van der Waals surface area (Å²) in [5.74, 6) is 0.677. The zero-order valence-electron chi connectivity index (χ0n) is 18.3. The Hall–Kier alpha value is -2.93. The zero-order valence-corrected chi connectivity index (χ0v) is 18.3. The highest BCUT2D eigenvalue weighted by Gasteiger charge is 2.50. The van der Waals surface area contributed by atoms with Crippen molar-refractivity contribution in [2.75, 3.05) is 26.2 Å². The Labute approximate surface area is 188 Å². The van der Waals surface area contributed by atoms with Crippen LogP contribution in [0.25, 0.3) is 6.08 Å². The van der Waals surface area contributed by atoms with Gasteiger partial charge in [0.2, 0.25) is 11.8 Å². The second kappa shape index (κ2) is 10.1. The molecular weight excluding hydrogens is 406 g/mol. The molecule has 0 radical (unpaired) electrons. The molecule has 0 saturated heterocycles. The Bertz CT molecular complexity index is 939. The molecule has 2 bridgehead atoms. The molecule has 2 heterocycles. The van der Waals surface area contributed by atoms with Gasteiger partial charge >= 0.3 is 0 Å². The van der Waals surface area contributed by atoms with Crippen molar-refractivity contribution in [3.63, 3.8) is 0 Å². The second-order valence-corrected chi connectivity index (χ2v) is 8.70. The summed E-state index contributed by atoms with van der Waals surface area (Å²) in [6.07, 6.45) is 10.7. The summed E-state index contributed by atoms with van der Waals surface area (Å²) >= 11 is 0. The first-order valence-corrected chi connectivity index (χ1v) is 11.5. The lowest BCUT2D eigenvalue weighted by Gasteiger charge is -2.35. The standard InChI is InChI=1S/C25H31N3O4/c29-19-8-10-25-11-9-24(31)27-14-2-1-12-26-13-3-15-28-23(30)7-5-18-4-6-21(20(25)16-18)32-22(25)17-19/h4-7,9,11,16,22,26H,1-3,8,10,12-15,17H2,(H,27,31)(H,28,30)/b7-5+,11-9?/t22?,25-/m1/s1. The molecule has 1 aromatic rings. The first kappa shape index (κ1) is 22.3. The van der Waals surface area contributed by atoms with Crippen LogP contribution in [0.3, 0.4) is 0 Å². The van der Waals surface area contributed by atoms with Gasteiger partial charge in [-0.2, -0.15) is 0 Å². The molecule has 1 spiro atoms. The van der Waals surface area contributed by atoms with Gasteiger partial charge in [-0.25, -0.2) is 0 Å². The predicted molar refractivity (Wildman–Crippen MR) is 122 cm³/mol. The number of carbonyl (C=O) groups is 3. The maximum Gasteiger partial charge on any atom is 0.243 e. The van der Waals surface area contributed by atoms with Crippen molar-refractivity contribution >= 4 is 23.7 Å². The van der Waals surface area contributed by atoms with Gasteiger partial charge in [-0.1, -0.05) is 12.1 Å². The Morgan fingerprint density at radius 1 is 0.875 bits per heavy atom. The second-order valence-electron chi connectivity index (χ2n) is 8.70. The van der Waals surface area contributed by atoms with E-state index in [-0.39, 0.29) is 23.7 Å². The van der Waals surface area contributed by atoms with Crippen LogP contribution >= 0.6 is 0 Å². The van der Waals surface area contributed by atoms with Crippen LogP contribution in [0.1, 0.15) is 49.7 Å². The van der Waals surface area contributed by atoms with E-state index in [1.165, 1.54) is 0 Å². The van der Waals surface area contributed by atoms with E-state index in [1.807, 2.05) is 24.3 Å². The number of rotatable bonds is 0. The average molecular weight is 438 g/mol. The smallest absolute Gasteiger partial charge is 0.243 e. The lowest BCUT2D eigenvalue weighted by atomic mass is 9.68. The molecule has 1 aromatic carbocycles. The van der Waals surface area contributed by atoms with Gasteiger partial charge in [-0.05, 0) is 68.6 Å². The van der Waals surface area contributed by atoms with Gasteiger partial charge in [0.1, 0.15) is 17.6 Å². The van der Waals surface area contributed by atoms with Gasteiger partial charge < -0.3 is 20.7 Å². The van der Waals surface area contributed by atoms with Gasteiger partial charge in [0.05, 0.1) is 5.41 Å².